The van der Waals surface area contributed by atoms with E-state index in [-0.39, 0.29) is 23.3 Å². The Labute approximate surface area is 201 Å². The lowest BCUT2D eigenvalue weighted by atomic mass is 10.2. The molecule has 0 saturated carbocycles. The third-order valence-electron chi connectivity index (χ3n) is 4.45. The normalized spacial score (nSPS) is 16.0. The van der Waals surface area contributed by atoms with Crippen LogP contribution in [-0.2, 0) is 9.59 Å². The molecule has 2 N–H and O–H groups in total. The largest absolute Gasteiger partial charge is 0.326 e. The zero-order chi connectivity index (χ0) is 21.8. The van der Waals surface area contributed by atoms with E-state index in [9.17, 15) is 14.4 Å². The molecule has 1 fully saturated rings. The summed E-state index contributed by atoms with van der Waals surface area (Å²) in [6.45, 7) is 2.13. The molecule has 0 radical (unpaired) electrons. The Morgan fingerprint density at radius 1 is 1.13 bits per heavy atom. The number of nitrogens with zero attached hydrogens (tertiary/aromatic N) is 2. The van der Waals surface area contributed by atoms with E-state index in [0.29, 0.717) is 17.8 Å². The van der Waals surface area contributed by atoms with Crippen LogP contribution in [0.5, 0.6) is 0 Å². The van der Waals surface area contributed by atoms with Gasteiger partial charge in [0.05, 0.1) is 6.42 Å². The molecule has 3 rings (SSSR count). The van der Waals surface area contributed by atoms with Gasteiger partial charge in [-0.3, -0.25) is 24.7 Å². The maximum absolute atomic E-state index is 12.8. The molecule has 0 bridgehead atoms. The van der Waals surface area contributed by atoms with Crippen molar-refractivity contribution in [3.63, 3.8) is 0 Å². The maximum Gasteiger partial charge on any atom is 0.269 e. The minimum Gasteiger partial charge on any atom is -0.326 e. The molecular weight excluding hydrogens is 583 g/mol. The van der Waals surface area contributed by atoms with Crippen molar-refractivity contribution in [1.82, 2.24) is 15.3 Å². The van der Waals surface area contributed by atoms with Crippen LogP contribution in [0.2, 0.25) is 0 Å². The fourth-order valence-corrected chi connectivity index (χ4v) is 3.96. The second kappa shape index (κ2) is 9.84. The Kier molecular flexibility index (Phi) is 7.42. The molecule has 1 atom stereocenters. The van der Waals surface area contributed by atoms with Crippen molar-refractivity contribution < 1.29 is 14.4 Å². The number of carbonyl (C=O) groups is 3. The van der Waals surface area contributed by atoms with Gasteiger partial charge in [-0.15, -0.1) is 0 Å². The molecule has 1 aliphatic rings. The Balaban J connectivity index is 1.75. The first-order valence-electron chi connectivity index (χ1n) is 9.06. The fraction of sp³-hybridized carbons (Fsp3) is 0.200. The summed E-state index contributed by atoms with van der Waals surface area (Å²) in [6, 6.07) is 13.2. The monoisotopic (exact) mass is 600 g/mol. The van der Waals surface area contributed by atoms with Crippen molar-refractivity contribution in [3.05, 3.63) is 62.1 Å². The van der Waals surface area contributed by atoms with E-state index in [4.69, 9.17) is 12.2 Å². The second-order valence-corrected chi connectivity index (χ2v) is 8.98. The highest BCUT2D eigenvalue weighted by Gasteiger charge is 2.43. The van der Waals surface area contributed by atoms with Crippen LogP contribution in [0.15, 0.2) is 53.0 Å². The number of anilines is 1. The number of hydrogen-bond donors (Lipinski definition) is 2. The Hall–Kier alpha value is -2.05. The van der Waals surface area contributed by atoms with E-state index in [1.54, 1.807) is 43.3 Å². The molecule has 1 aliphatic heterocycles. The highest BCUT2D eigenvalue weighted by molar-refractivity contribution is 14.1. The van der Waals surface area contributed by atoms with Crippen molar-refractivity contribution in [2.75, 3.05) is 11.9 Å². The lowest BCUT2D eigenvalue weighted by Crippen LogP contribution is -2.49. The molecule has 2 aromatic carbocycles. The molecule has 0 spiro atoms. The topological polar surface area (TPSA) is 81.8 Å². The van der Waals surface area contributed by atoms with Gasteiger partial charge in [0.2, 0.25) is 5.91 Å². The van der Waals surface area contributed by atoms with Crippen LogP contribution in [-0.4, -0.2) is 45.3 Å². The SMILES string of the molecule is CCN1C(=O)C(CC(=O)Nc2ccc(I)cc2)N(NC(=O)c2ccc(Br)cc2)C1=S. The fourth-order valence-electron chi connectivity index (χ4n) is 2.94. The van der Waals surface area contributed by atoms with Gasteiger partial charge in [-0.2, -0.15) is 0 Å². The summed E-state index contributed by atoms with van der Waals surface area (Å²) in [5.74, 6) is -1.09. The van der Waals surface area contributed by atoms with E-state index in [1.165, 1.54) is 9.91 Å². The number of carbonyl (C=O) groups excluding carboxylic acids is 3. The summed E-state index contributed by atoms with van der Waals surface area (Å²) >= 11 is 10.9. The van der Waals surface area contributed by atoms with Crippen LogP contribution in [0.25, 0.3) is 0 Å². The molecule has 10 heteroatoms. The quantitative estimate of drug-likeness (QED) is 0.392. The van der Waals surface area contributed by atoms with Gasteiger partial charge in [0.1, 0.15) is 6.04 Å². The molecule has 1 heterocycles. The number of nitrogens with one attached hydrogen (secondary N) is 2. The van der Waals surface area contributed by atoms with Crippen LogP contribution in [0.4, 0.5) is 5.69 Å². The van der Waals surface area contributed by atoms with Crippen LogP contribution in [0.1, 0.15) is 23.7 Å². The number of benzene rings is 2. The molecule has 156 valence electrons. The van der Waals surface area contributed by atoms with Crippen molar-refractivity contribution in [2.45, 2.75) is 19.4 Å². The zero-order valence-electron chi connectivity index (χ0n) is 15.9. The molecule has 1 saturated heterocycles. The number of rotatable bonds is 6. The van der Waals surface area contributed by atoms with Gasteiger partial charge in [0.15, 0.2) is 5.11 Å². The van der Waals surface area contributed by atoms with Gasteiger partial charge in [0, 0.05) is 25.8 Å². The molecular formula is C20H18BrIN4O3S. The minimum absolute atomic E-state index is 0.151. The van der Waals surface area contributed by atoms with Crippen LogP contribution >= 0.6 is 50.7 Å². The third kappa shape index (κ3) is 5.16. The summed E-state index contributed by atoms with van der Waals surface area (Å²) in [6.07, 6.45) is -0.151. The summed E-state index contributed by atoms with van der Waals surface area (Å²) in [5, 5.41) is 4.25. The summed E-state index contributed by atoms with van der Waals surface area (Å²) in [5.41, 5.74) is 3.72. The number of amides is 3. The Morgan fingerprint density at radius 3 is 2.37 bits per heavy atom. The highest BCUT2D eigenvalue weighted by Crippen LogP contribution is 2.20. The van der Waals surface area contributed by atoms with E-state index in [0.717, 1.165) is 8.04 Å². The number of thiocarbonyl (C=S) groups is 1. The Morgan fingerprint density at radius 2 is 1.77 bits per heavy atom. The summed E-state index contributed by atoms with van der Waals surface area (Å²) in [4.78, 5) is 39.4. The van der Waals surface area contributed by atoms with Crippen LogP contribution in [0, 0.1) is 3.57 Å². The van der Waals surface area contributed by atoms with Gasteiger partial charge >= 0.3 is 0 Å². The highest BCUT2D eigenvalue weighted by atomic mass is 127. The van der Waals surface area contributed by atoms with E-state index in [1.807, 2.05) is 12.1 Å². The lowest BCUT2D eigenvalue weighted by Gasteiger charge is -2.24. The molecule has 7 nitrogen and oxygen atoms in total. The van der Waals surface area contributed by atoms with Crippen molar-refractivity contribution in [3.8, 4) is 0 Å². The van der Waals surface area contributed by atoms with E-state index >= 15 is 0 Å². The lowest BCUT2D eigenvalue weighted by molar-refractivity contribution is -0.130. The second-order valence-electron chi connectivity index (χ2n) is 6.46. The predicted molar refractivity (Wildman–Crippen MR) is 130 cm³/mol. The Bertz CT molecular complexity index is 985. The zero-order valence-corrected chi connectivity index (χ0v) is 20.5. The first-order valence-corrected chi connectivity index (χ1v) is 11.3. The van der Waals surface area contributed by atoms with Crippen molar-refractivity contribution >= 4 is 79.3 Å². The predicted octanol–water partition coefficient (Wildman–Crippen LogP) is 3.54. The summed E-state index contributed by atoms with van der Waals surface area (Å²) in [7, 11) is 0. The first-order chi connectivity index (χ1) is 14.3. The standard InChI is InChI=1S/C20H18BrIN4O3S/c1-2-25-19(29)16(11-17(27)23-15-9-7-14(22)8-10-15)26(20(25)30)24-18(28)12-3-5-13(21)6-4-12/h3-10,16H,2,11H2,1H3,(H,23,27)(H,24,28). The summed E-state index contributed by atoms with van der Waals surface area (Å²) < 4.78 is 1.88. The smallest absolute Gasteiger partial charge is 0.269 e. The van der Waals surface area contributed by atoms with Crippen LogP contribution < -0.4 is 10.7 Å². The molecule has 3 amide bonds. The van der Waals surface area contributed by atoms with Gasteiger partial charge < -0.3 is 5.32 Å². The number of hydrazine groups is 1. The maximum atomic E-state index is 12.8. The molecule has 1 unspecified atom stereocenters. The van der Waals surface area contributed by atoms with E-state index in [2.05, 4.69) is 49.3 Å². The van der Waals surface area contributed by atoms with Gasteiger partial charge in [-0.1, -0.05) is 15.9 Å². The van der Waals surface area contributed by atoms with Gasteiger partial charge in [-0.05, 0) is 90.3 Å². The minimum atomic E-state index is -0.916. The van der Waals surface area contributed by atoms with Crippen molar-refractivity contribution in [2.24, 2.45) is 0 Å². The number of halogens is 2. The third-order valence-corrected chi connectivity index (χ3v) is 6.12. The van der Waals surface area contributed by atoms with Gasteiger partial charge in [0.25, 0.3) is 11.8 Å². The number of likely N-dealkylation sites (N-methyl/N-ethyl adjacent to an activating group) is 1. The molecule has 0 aromatic heterocycles. The molecule has 0 aliphatic carbocycles. The number of hydrogen-bond acceptors (Lipinski definition) is 4. The average Bonchev–Trinajstić information content (AvgIpc) is 2.93. The molecule has 2 aromatic rings. The van der Waals surface area contributed by atoms with Gasteiger partial charge in [-0.25, -0.2) is 5.01 Å². The first kappa shape index (κ1) is 22.6. The van der Waals surface area contributed by atoms with Crippen LogP contribution in [0.3, 0.4) is 0 Å². The molecule has 30 heavy (non-hydrogen) atoms. The van der Waals surface area contributed by atoms with E-state index < -0.39 is 11.9 Å². The average molecular weight is 601 g/mol. The van der Waals surface area contributed by atoms with Crippen molar-refractivity contribution in [1.29, 1.82) is 0 Å².